The molecule has 0 amide bonds. The van der Waals surface area contributed by atoms with Gasteiger partial charge in [0.25, 0.3) is 0 Å². The van der Waals surface area contributed by atoms with Crippen LogP contribution >= 0.6 is 0 Å². The zero-order valence-electron chi connectivity index (χ0n) is 19.3. The van der Waals surface area contributed by atoms with Crippen molar-refractivity contribution in [3.63, 3.8) is 0 Å². The number of aliphatic hydroxyl groups excluding tert-OH is 1. The summed E-state index contributed by atoms with van der Waals surface area (Å²) in [5, 5.41) is 19.4. The summed E-state index contributed by atoms with van der Waals surface area (Å²) >= 11 is 0. The summed E-state index contributed by atoms with van der Waals surface area (Å²) in [6, 6.07) is 17.4. The topological polar surface area (TPSA) is 43.7 Å². The van der Waals surface area contributed by atoms with E-state index in [1.807, 2.05) is 25.1 Å². The minimum Gasteiger partial charge on any atom is -0.508 e. The molecule has 0 bridgehead atoms. The molecule has 168 valence electrons. The normalized spacial score (nSPS) is 18.7. The Morgan fingerprint density at radius 3 is 2.19 bits per heavy atom. The van der Waals surface area contributed by atoms with E-state index in [-0.39, 0.29) is 12.4 Å². The smallest absolute Gasteiger partial charge is 0.115 e. The Morgan fingerprint density at radius 2 is 1.62 bits per heavy atom. The summed E-state index contributed by atoms with van der Waals surface area (Å²) in [4.78, 5) is 2.61. The first-order valence-corrected chi connectivity index (χ1v) is 11.9. The first kappa shape index (κ1) is 22.6. The molecule has 0 unspecified atom stereocenters. The Labute approximate surface area is 192 Å². The van der Waals surface area contributed by atoms with Crippen molar-refractivity contribution in [1.29, 1.82) is 0 Å². The minimum absolute atomic E-state index is 0.168. The lowest BCUT2D eigenvalue weighted by Gasteiger charge is -2.40. The van der Waals surface area contributed by atoms with Crippen molar-refractivity contribution in [3.8, 4) is 5.75 Å². The molecule has 1 aliphatic carbocycles. The quantitative estimate of drug-likeness (QED) is 0.477. The Morgan fingerprint density at radius 1 is 1.00 bits per heavy atom. The monoisotopic (exact) mass is 429 g/mol. The molecule has 0 radical (unpaired) electrons. The lowest BCUT2D eigenvalue weighted by atomic mass is 9.85. The summed E-state index contributed by atoms with van der Waals surface area (Å²) in [6.45, 7) is 6.71. The van der Waals surface area contributed by atoms with Crippen molar-refractivity contribution in [2.75, 3.05) is 19.7 Å². The number of benzene rings is 2. The van der Waals surface area contributed by atoms with Gasteiger partial charge < -0.3 is 10.2 Å². The molecule has 0 aromatic heterocycles. The van der Waals surface area contributed by atoms with E-state index in [9.17, 15) is 10.2 Å². The van der Waals surface area contributed by atoms with Crippen LogP contribution in [0, 0.1) is 0 Å². The number of aromatic hydroxyl groups is 1. The predicted octanol–water partition coefficient (Wildman–Crippen LogP) is 6.05. The number of nitrogens with zero attached hydrogens (tertiary/aromatic N) is 1. The molecule has 0 atom stereocenters. The van der Waals surface area contributed by atoms with Crippen molar-refractivity contribution < 1.29 is 10.2 Å². The number of hydrogen-bond acceptors (Lipinski definition) is 3. The lowest BCUT2D eigenvalue weighted by Crippen LogP contribution is -2.46. The zero-order chi connectivity index (χ0) is 22.5. The predicted molar refractivity (Wildman–Crippen MR) is 133 cm³/mol. The fourth-order valence-electron chi connectivity index (χ4n) is 4.64. The van der Waals surface area contributed by atoms with Gasteiger partial charge in [0.2, 0.25) is 0 Å². The van der Waals surface area contributed by atoms with Crippen LogP contribution in [0.4, 0.5) is 0 Å². The van der Waals surface area contributed by atoms with Gasteiger partial charge in [-0.3, -0.25) is 4.90 Å². The molecule has 2 aromatic rings. The summed E-state index contributed by atoms with van der Waals surface area (Å²) in [5.41, 5.74) is 7.30. The molecule has 1 heterocycles. The third-order valence-electron chi connectivity index (χ3n) is 6.70. The Kier molecular flexibility index (Phi) is 7.29. The fraction of sp³-hybridized carbons (Fsp3) is 0.379. The third-order valence-corrected chi connectivity index (χ3v) is 6.70. The van der Waals surface area contributed by atoms with Gasteiger partial charge in [0, 0.05) is 31.7 Å². The second-order valence-corrected chi connectivity index (χ2v) is 9.11. The molecule has 4 rings (SSSR count). The molecule has 0 spiro atoms. The number of hydrogen-bond donors (Lipinski definition) is 2. The first-order valence-electron chi connectivity index (χ1n) is 11.9. The number of aliphatic hydroxyl groups is 1. The Bertz CT molecular complexity index is 988. The van der Waals surface area contributed by atoms with Gasteiger partial charge in [-0.05, 0) is 85.1 Å². The molecule has 1 saturated heterocycles. The van der Waals surface area contributed by atoms with Gasteiger partial charge in [0.1, 0.15) is 5.75 Å². The summed E-state index contributed by atoms with van der Waals surface area (Å²) in [7, 11) is 0. The maximum Gasteiger partial charge on any atom is 0.115 e. The standard InChI is InChI=1S/C29H35NO2/c1-3-4-6-21(2)28(7-5-18-31)29(24-12-16-27(32)17-13-24)23-10-8-22(9-11-23)25-19-30(20-25)26-14-15-26/h3-4,6,8-13,16-17,25-26,31-32H,5,7,14-15,18-20H2,1-2H3/b4-3-,21-6+,29-28+. The van der Waals surface area contributed by atoms with E-state index in [1.54, 1.807) is 12.1 Å². The highest BCUT2D eigenvalue weighted by molar-refractivity contribution is 5.84. The molecule has 1 aliphatic heterocycles. The van der Waals surface area contributed by atoms with Crippen molar-refractivity contribution in [1.82, 2.24) is 4.90 Å². The average Bonchev–Trinajstić information content (AvgIpc) is 3.61. The molecule has 2 aromatic carbocycles. The number of likely N-dealkylation sites (tertiary alicyclic amines) is 1. The zero-order valence-corrected chi connectivity index (χ0v) is 19.3. The molecule has 2 fully saturated rings. The lowest BCUT2D eigenvalue weighted by molar-refractivity contribution is 0.139. The molecular weight excluding hydrogens is 394 g/mol. The highest BCUT2D eigenvalue weighted by Crippen LogP contribution is 2.38. The van der Waals surface area contributed by atoms with Crippen LogP contribution < -0.4 is 0 Å². The van der Waals surface area contributed by atoms with E-state index in [0.29, 0.717) is 5.92 Å². The second kappa shape index (κ2) is 10.3. The van der Waals surface area contributed by atoms with E-state index in [2.05, 4.69) is 48.2 Å². The summed E-state index contributed by atoms with van der Waals surface area (Å²) in [6.07, 6.45) is 10.5. The number of phenolic OH excluding ortho intramolecular Hbond substituents is 1. The maximum absolute atomic E-state index is 9.84. The summed E-state index contributed by atoms with van der Waals surface area (Å²) in [5.74, 6) is 0.919. The number of allylic oxidation sites excluding steroid dienone is 5. The van der Waals surface area contributed by atoms with Crippen LogP contribution in [0.3, 0.4) is 0 Å². The Hall–Kier alpha value is -2.62. The van der Waals surface area contributed by atoms with E-state index < -0.39 is 0 Å². The average molecular weight is 430 g/mol. The molecule has 3 nitrogen and oxygen atoms in total. The van der Waals surface area contributed by atoms with Gasteiger partial charge in [-0.25, -0.2) is 0 Å². The van der Waals surface area contributed by atoms with Crippen LogP contribution in [0.15, 0.2) is 77.9 Å². The highest BCUT2D eigenvalue weighted by atomic mass is 16.3. The maximum atomic E-state index is 9.84. The highest BCUT2D eigenvalue weighted by Gasteiger charge is 2.38. The van der Waals surface area contributed by atoms with Crippen molar-refractivity contribution in [2.45, 2.75) is 51.5 Å². The van der Waals surface area contributed by atoms with Crippen LogP contribution in [-0.2, 0) is 0 Å². The van der Waals surface area contributed by atoms with E-state index in [1.165, 1.54) is 53.8 Å². The van der Waals surface area contributed by atoms with Crippen LogP contribution in [0.2, 0.25) is 0 Å². The molecule has 2 N–H and O–H groups in total. The molecule has 1 saturated carbocycles. The van der Waals surface area contributed by atoms with E-state index in [0.717, 1.165) is 24.4 Å². The van der Waals surface area contributed by atoms with Crippen LogP contribution in [0.25, 0.3) is 5.57 Å². The van der Waals surface area contributed by atoms with Gasteiger partial charge in [0.05, 0.1) is 0 Å². The van der Waals surface area contributed by atoms with Gasteiger partial charge >= 0.3 is 0 Å². The van der Waals surface area contributed by atoms with E-state index >= 15 is 0 Å². The van der Waals surface area contributed by atoms with Crippen LogP contribution in [-0.4, -0.2) is 40.9 Å². The van der Waals surface area contributed by atoms with Crippen LogP contribution in [0.1, 0.15) is 62.1 Å². The number of phenols is 1. The summed E-state index contributed by atoms with van der Waals surface area (Å²) < 4.78 is 0. The van der Waals surface area contributed by atoms with Crippen molar-refractivity contribution in [2.24, 2.45) is 0 Å². The second-order valence-electron chi connectivity index (χ2n) is 9.11. The van der Waals surface area contributed by atoms with Gasteiger partial charge in [-0.1, -0.05) is 54.6 Å². The third kappa shape index (κ3) is 5.23. The van der Waals surface area contributed by atoms with Gasteiger partial charge in [-0.2, -0.15) is 0 Å². The van der Waals surface area contributed by atoms with Crippen LogP contribution in [0.5, 0.6) is 5.75 Å². The fourth-order valence-corrected chi connectivity index (χ4v) is 4.64. The molecule has 32 heavy (non-hydrogen) atoms. The largest absolute Gasteiger partial charge is 0.508 e. The van der Waals surface area contributed by atoms with E-state index in [4.69, 9.17) is 0 Å². The van der Waals surface area contributed by atoms with Gasteiger partial charge in [0.15, 0.2) is 0 Å². The van der Waals surface area contributed by atoms with Crippen molar-refractivity contribution in [3.05, 3.63) is 94.6 Å². The molecule has 3 heteroatoms. The number of rotatable bonds is 9. The first-order chi connectivity index (χ1) is 15.6. The molecule has 2 aliphatic rings. The van der Waals surface area contributed by atoms with Gasteiger partial charge in [-0.15, -0.1) is 0 Å². The minimum atomic E-state index is 0.168. The van der Waals surface area contributed by atoms with Crippen molar-refractivity contribution >= 4 is 5.57 Å². The molecular formula is C29H35NO2. The SMILES string of the molecule is C\C=C/C=C(C)/C(CCCO)=C(/c1ccc(O)cc1)c1ccc(C2CN(C3CC3)C2)cc1. The Balaban J connectivity index is 1.70.